The molecule has 0 aliphatic carbocycles. The van der Waals surface area contributed by atoms with Crippen LogP contribution in [0.25, 0.3) is 0 Å². The molecule has 0 saturated carbocycles. The third kappa shape index (κ3) is 13.1. The van der Waals surface area contributed by atoms with E-state index >= 15 is 0 Å². The van der Waals surface area contributed by atoms with Gasteiger partial charge in [-0.3, -0.25) is 9.36 Å². The van der Waals surface area contributed by atoms with Crippen molar-refractivity contribution in [3.63, 3.8) is 0 Å². The molecule has 0 aromatic heterocycles. The summed E-state index contributed by atoms with van der Waals surface area (Å²) in [6, 6.07) is 0. The van der Waals surface area contributed by atoms with E-state index in [1.165, 1.54) is 78.4 Å². The molecule has 1 saturated heterocycles. The van der Waals surface area contributed by atoms with E-state index in [1.807, 2.05) is 13.8 Å². The van der Waals surface area contributed by atoms with Crippen LogP contribution in [0.4, 0.5) is 0 Å². The molecule has 184 valence electrons. The Hall–Kier alpha value is -0.260. The summed E-state index contributed by atoms with van der Waals surface area (Å²) in [7, 11) is -0.728. The van der Waals surface area contributed by atoms with E-state index in [-0.39, 0.29) is 30.6 Å². The molecule has 0 aromatic carbocycles. The second kappa shape index (κ2) is 15.6. The smallest absolute Gasteiger partial charge is 0.337 e. The lowest BCUT2D eigenvalue weighted by molar-refractivity contribution is -0.299. The maximum atomic E-state index is 12.4. The maximum absolute atomic E-state index is 12.4. The first-order valence-electron chi connectivity index (χ1n) is 12.3. The highest BCUT2D eigenvalue weighted by Crippen LogP contribution is 2.46. The molecule has 2 atom stereocenters. The molecule has 0 unspecified atom stereocenters. The van der Waals surface area contributed by atoms with E-state index in [1.54, 1.807) is 0 Å². The molecular weight excluding hydrogens is 415 g/mol. The summed E-state index contributed by atoms with van der Waals surface area (Å²) in [6.45, 7) is 6.05. The van der Waals surface area contributed by atoms with E-state index in [0.717, 1.165) is 12.8 Å². The van der Waals surface area contributed by atoms with Crippen LogP contribution < -0.4 is 0 Å². The Morgan fingerprint density at radius 3 is 1.87 bits per heavy atom. The van der Waals surface area contributed by atoms with Crippen molar-refractivity contribution in [1.82, 2.24) is 0 Å². The molecule has 1 rings (SSSR count). The van der Waals surface area contributed by atoms with Gasteiger partial charge >= 0.3 is 7.60 Å². The molecule has 31 heavy (non-hydrogen) atoms. The number of hydrogen-bond acceptors (Lipinski definition) is 6. The molecule has 0 radical (unpaired) electrons. The van der Waals surface area contributed by atoms with Crippen molar-refractivity contribution in [2.45, 2.75) is 129 Å². The minimum Gasteiger partial charge on any atom is -0.347 e. The van der Waals surface area contributed by atoms with E-state index < -0.39 is 13.4 Å². The Morgan fingerprint density at radius 2 is 1.35 bits per heavy atom. The Bertz CT molecular complexity index is 528. The first-order chi connectivity index (χ1) is 14.7. The first kappa shape index (κ1) is 28.8. The van der Waals surface area contributed by atoms with Gasteiger partial charge < -0.3 is 18.5 Å². The number of Topliss-reactive ketones (excluding diaryl/α,β-unsaturated/α-hetero) is 1. The van der Waals surface area contributed by atoms with Crippen LogP contribution in [0.2, 0.25) is 0 Å². The Morgan fingerprint density at radius 1 is 0.871 bits per heavy atom. The Labute approximate surface area is 190 Å². The predicted molar refractivity (Wildman–Crippen MR) is 126 cm³/mol. The van der Waals surface area contributed by atoms with Gasteiger partial charge in [0.2, 0.25) is 0 Å². The quantitative estimate of drug-likeness (QED) is 0.161. The summed E-state index contributed by atoms with van der Waals surface area (Å²) >= 11 is 0. The standard InChI is InChI=1S/C24H47O6P/c1-6-7-8-9-10-11-12-13-14-15-16-17-22-19-23(30-24(2,3)29-22)18-21(25)20-31(26,27-4)28-5/h22-23H,6-20H2,1-5H3/t22-,23-/m1/s1. The molecule has 6 nitrogen and oxygen atoms in total. The third-order valence-electron chi connectivity index (χ3n) is 5.94. The molecule has 0 spiro atoms. The van der Waals surface area contributed by atoms with Crippen LogP contribution in [0.3, 0.4) is 0 Å². The second-order valence-electron chi connectivity index (χ2n) is 9.32. The fourth-order valence-corrected chi connectivity index (χ4v) is 5.26. The van der Waals surface area contributed by atoms with Gasteiger partial charge in [0.25, 0.3) is 0 Å². The second-order valence-corrected chi connectivity index (χ2v) is 11.6. The summed E-state index contributed by atoms with van der Waals surface area (Å²) in [5.74, 6) is -0.874. The maximum Gasteiger partial charge on any atom is 0.337 e. The molecular formula is C24H47O6P. The molecule has 1 heterocycles. The van der Waals surface area contributed by atoms with Crippen LogP contribution in [0, 0.1) is 0 Å². The fourth-order valence-electron chi connectivity index (χ4n) is 4.30. The van der Waals surface area contributed by atoms with Crippen molar-refractivity contribution >= 4 is 13.4 Å². The van der Waals surface area contributed by atoms with Crippen molar-refractivity contribution in [3.05, 3.63) is 0 Å². The number of ketones is 1. The van der Waals surface area contributed by atoms with Crippen LogP contribution in [-0.2, 0) is 27.9 Å². The molecule has 1 aliphatic rings. The molecule has 0 amide bonds. The minimum absolute atomic E-state index is 0.0942. The van der Waals surface area contributed by atoms with Crippen molar-refractivity contribution in [3.8, 4) is 0 Å². The molecule has 0 N–H and O–H groups in total. The van der Waals surface area contributed by atoms with E-state index in [4.69, 9.17) is 18.5 Å². The SMILES string of the molecule is CCCCCCCCCCCCC[C@@H]1C[C@@H](CC(=O)CP(=O)(OC)OC)OC(C)(C)O1. The highest BCUT2D eigenvalue weighted by molar-refractivity contribution is 7.54. The average molecular weight is 463 g/mol. The van der Waals surface area contributed by atoms with Gasteiger partial charge in [-0.25, -0.2) is 0 Å². The molecule has 1 fully saturated rings. The molecule has 0 aromatic rings. The number of hydrogen-bond donors (Lipinski definition) is 0. The van der Waals surface area contributed by atoms with Crippen LogP contribution >= 0.6 is 7.60 Å². The van der Waals surface area contributed by atoms with Gasteiger partial charge in [-0.1, -0.05) is 77.6 Å². The molecule has 0 bridgehead atoms. The fraction of sp³-hybridized carbons (Fsp3) is 0.958. The normalized spacial score (nSPS) is 21.3. The zero-order valence-electron chi connectivity index (χ0n) is 20.7. The average Bonchev–Trinajstić information content (AvgIpc) is 2.70. The van der Waals surface area contributed by atoms with Crippen LogP contribution in [0.15, 0.2) is 0 Å². The number of carbonyl (C=O) groups is 1. The van der Waals surface area contributed by atoms with Gasteiger partial charge in [0.05, 0.1) is 12.2 Å². The summed E-state index contributed by atoms with van der Waals surface area (Å²) in [4.78, 5) is 12.4. The van der Waals surface area contributed by atoms with Crippen LogP contribution in [-0.4, -0.2) is 44.2 Å². The van der Waals surface area contributed by atoms with Crippen molar-refractivity contribution in [2.24, 2.45) is 0 Å². The van der Waals surface area contributed by atoms with Crippen molar-refractivity contribution < 1.29 is 27.9 Å². The van der Waals surface area contributed by atoms with E-state index in [0.29, 0.717) is 6.42 Å². The van der Waals surface area contributed by atoms with E-state index in [2.05, 4.69) is 6.92 Å². The third-order valence-corrected chi connectivity index (χ3v) is 7.79. The number of carbonyl (C=O) groups excluding carboxylic acids is 1. The van der Waals surface area contributed by atoms with Crippen LogP contribution in [0.5, 0.6) is 0 Å². The predicted octanol–water partition coefficient (Wildman–Crippen LogP) is 7.04. The highest BCUT2D eigenvalue weighted by Gasteiger charge is 2.37. The first-order valence-corrected chi connectivity index (χ1v) is 14.0. The van der Waals surface area contributed by atoms with Crippen LogP contribution in [0.1, 0.15) is 111 Å². The summed E-state index contributed by atoms with van der Waals surface area (Å²) in [5, 5.41) is 0. The van der Waals surface area contributed by atoms with Gasteiger partial charge in [0.1, 0.15) is 11.9 Å². The monoisotopic (exact) mass is 462 g/mol. The van der Waals surface area contributed by atoms with Gasteiger partial charge in [0.15, 0.2) is 5.79 Å². The highest BCUT2D eigenvalue weighted by atomic mass is 31.2. The topological polar surface area (TPSA) is 71.1 Å². The Balaban J connectivity index is 2.25. The van der Waals surface area contributed by atoms with Crippen molar-refractivity contribution in [2.75, 3.05) is 20.4 Å². The van der Waals surface area contributed by atoms with E-state index in [9.17, 15) is 9.36 Å². The largest absolute Gasteiger partial charge is 0.347 e. The number of rotatable bonds is 18. The van der Waals surface area contributed by atoms with Gasteiger partial charge in [-0.2, -0.15) is 0 Å². The molecule has 7 heteroatoms. The van der Waals surface area contributed by atoms with Gasteiger partial charge in [-0.15, -0.1) is 0 Å². The lowest BCUT2D eigenvalue weighted by Crippen LogP contribution is -2.45. The van der Waals surface area contributed by atoms with Gasteiger partial charge in [0, 0.05) is 27.1 Å². The van der Waals surface area contributed by atoms with Gasteiger partial charge in [-0.05, 0) is 20.3 Å². The number of ether oxygens (including phenoxy) is 2. The Kier molecular flexibility index (Phi) is 14.4. The summed E-state index contributed by atoms with van der Waals surface area (Å²) in [6.07, 6.45) is 16.1. The summed E-state index contributed by atoms with van der Waals surface area (Å²) in [5.41, 5.74) is 0. The van der Waals surface area contributed by atoms with Crippen molar-refractivity contribution in [1.29, 1.82) is 0 Å². The molecule has 1 aliphatic heterocycles. The number of unbranched alkanes of at least 4 members (excludes halogenated alkanes) is 10. The zero-order valence-corrected chi connectivity index (χ0v) is 21.6. The lowest BCUT2D eigenvalue weighted by Gasteiger charge is -2.41. The minimum atomic E-state index is -3.33. The lowest BCUT2D eigenvalue weighted by atomic mass is 9.98. The summed E-state index contributed by atoms with van der Waals surface area (Å²) < 4.78 is 34.0. The zero-order chi connectivity index (χ0) is 23.2.